The molecule has 1 fully saturated rings. The fourth-order valence-corrected chi connectivity index (χ4v) is 2.67. The summed E-state index contributed by atoms with van der Waals surface area (Å²) in [6, 6.07) is 7.61. The van der Waals surface area contributed by atoms with Crippen molar-refractivity contribution in [2.75, 3.05) is 25.0 Å². The van der Waals surface area contributed by atoms with E-state index in [0.29, 0.717) is 11.3 Å². The van der Waals surface area contributed by atoms with Gasteiger partial charge in [0, 0.05) is 17.6 Å². The van der Waals surface area contributed by atoms with Crippen LogP contribution in [0.15, 0.2) is 22.7 Å². The number of amides is 1. The number of nitrogens with one attached hydrogen (secondary N) is 1. The first-order chi connectivity index (χ1) is 9.22. The van der Waals surface area contributed by atoms with Crippen molar-refractivity contribution in [3.05, 3.63) is 28.2 Å². The normalized spacial score (nSPS) is 14.8. The number of nitriles is 1. The maximum atomic E-state index is 12.0. The van der Waals surface area contributed by atoms with Crippen LogP contribution in [0, 0.1) is 11.3 Å². The molecule has 0 aromatic heterocycles. The van der Waals surface area contributed by atoms with E-state index in [0.717, 1.165) is 30.4 Å². The molecule has 0 atom stereocenters. The molecule has 1 aliphatic rings. The molecule has 100 valence electrons. The quantitative estimate of drug-likeness (QED) is 0.931. The van der Waals surface area contributed by atoms with Gasteiger partial charge >= 0.3 is 0 Å². The number of piperidine rings is 1. The van der Waals surface area contributed by atoms with Crippen LogP contribution in [0.3, 0.4) is 0 Å². The largest absolute Gasteiger partial charge is 0.375 e. The molecular weight excluding hydrogens is 306 g/mol. The van der Waals surface area contributed by atoms with Gasteiger partial charge in [0.2, 0.25) is 5.91 Å². The zero-order valence-corrected chi connectivity index (χ0v) is 12.2. The van der Waals surface area contributed by atoms with Crippen LogP contribution in [0.5, 0.6) is 0 Å². The molecule has 1 aliphatic heterocycles. The van der Waals surface area contributed by atoms with E-state index in [2.05, 4.69) is 27.3 Å². The van der Waals surface area contributed by atoms with E-state index < -0.39 is 0 Å². The Balaban J connectivity index is 1.97. The van der Waals surface area contributed by atoms with Crippen LogP contribution < -0.4 is 5.32 Å². The Morgan fingerprint density at radius 2 is 2.11 bits per heavy atom. The van der Waals surface area contributed by atoms with E-state index in [9.17, 15) is 4.79 Å². The van der Waals surface area contributed by atoms with Crippen LogP contribution in [0.4, 0.5) is 5.69 Å². The Kier molecular flexibility index (Phi) is 4.80. The number of likely N-dealkylation sites (tertiary alicyclic amines) is 1. The lowest BCUT2D eigenvalue weighted by atomic mass is 10.1. The fourth-order valence-electron chi connectivity index (χ4n) is 2.21. The molecular formula is C14H16BrN3O. The van der Waals surface area contributed by atoms with Crippen molar-refractivity contribution in [2.45, 2.75) is 19.3 Å². The summed E-state index contributed by atoms with van der Waals surface area (Å²) in [7, 11) is 0. The van der Waals surface area contributed by atoms with Gasteiger partial charge in [-0.3, -0.25) is 4.79 Å². The van der Waals surface area contributed by atoms with Crippen LogP contribution in [-0.4, -0.2) is 30.4 Å². The molecule has 0 aliphatic carbocycles. The minimum absolute atomic E-state index is 0.101. The predicted molar refractivity (Wildman–Crippen MR) is 77.8 cm³/mol. The highest BCUT2D eigenvalue weighted by molar-refractivity contribution is 9.10. The minimum atomic E-state index is 0.101. The van der Waals surface area contributed by atoms with Gasteiger partial charge in [-0.1, -0.05) is 6.07 Å². The Morgan fingerprint density at radius 1 is 1.37 bits per heavy atom. The van der Waals surface area contributed by atoms with Crippen LogP contribution in [0.1, 0.15) is 24.8 Å². The van der Waals surface area contributed by atoms with Crippen LogP contribution in [0.2, 0.25) is 0 Å². The molecule has 4 nitrogen and oxygen atoms in total. The van der Waals surface area contributed by atoms with E-state index in [-0.39, 0.29) is 12.5 Å². The first-order valence-corrected chi connectivity index (χ1v) is 7.22. The summed E-state index contributed by atoms with van der Waals surface area (Å²) in [5.74, 6) is 0.101. The molecule has 0 radical (unpaired) electrons. The Morgan fingerprint density at radius 3 is 2.79 bits per heavy atom. The average Bonchev–Trinajstić information content (AvgIpc) is 2.45. The van der Waals surface area contributed by atoms with Gasteiger partial charge in [-0.25, -0.2) is 0 Å². The van der Waals surface area contributed by atoms with Crippen molar-refractivity contribution in [3.8, 4) is 6.07 Å². The second-order valence-electron chi connectivity index (χ2n) is 4.57. The Bertz CT molecular complexity index is 504. The van der Waals surface area contributed by atoms with Gasteiger partial charge in [0.15, 0.2) is 0 Å². The van der Waals surface area contributed by atoms with Crippen molar-refractivity contribution >= 4 is 27.5 Å². The van der Waals surface area contributed by atoms with E-state index in [4.69, 9.17) is 5.26 Å². The molecule has 5 heteroatoms. The smallest absolute Gasteiger partial charge is 0.241 e. The molecule has 0 spiro atoms. The average molecular weight is 322 g/mol. The third-order valence-electron chi connectivity index (χ3n) is 3.26. The number of anilines is 1. The van der Waals surface area contributed by atoms with E-state index in [1.165, 1.54) is 6.42 Å². The molecule has 0 unspecified atom stereocenters. The standard InChI is InChI=1S/C14H16BrN3O/c15-12-5-4-6-13(11(12)9-16)17-10-14(19)18-7-2-1-3-8-18/h4-6,17H,1-3,7-8,10H2. The predicted octanol–water partition coefficient (Wildman–Crippen LogP) is 2.75. The number of halogens is 1. The molecule has 0 saturated carbocycles. The zero-order valence-electron chi connectivity index (χ0n) is 10.7. The lowest BCUT2D eigenvalue weighted by Crippen LogP contribution is -2.39. The molecule has 1 aromatic carbocycles. The molecule has 1 aromatic rings. The highest BCUT2D eigenvalue weighted by Crippen LogP contribution is 2.23. The third kappa shape index (κ3) is 3.48. The first kappa shape index (κ1) is 13.9. The Labute approximate surface area is 121 Å². The second kappa shape index (κ2) is 6.58. The van der Waals surface area contributed by atoms with Crippen LogP contribution in [0.25, 0.3) is 0 Å². The van der Waals surface area contributed by atoms with Gasteiger partial charge in [0.1, 0.15) is 6.07 Å². The number of carbonyl (C=O) groups excluding carboxylic acids is 1. The van der Waals surface area contributed by atoms with Gasteiger partial charge in [-0.05, 0) is 47.3 Å². The second-order valence-corrected chi connectivity index (χ2v) is 5.42. The van der Waals surface area contributed by atoms with E-state index >= 15 is 0 Å². The minimum Gasteiger partial charge on any atom is -0.375 e. The first-order valence-electron chi connectivity index (χ1n) is 6.42. The van der Waals surface area contributed by atoms with Gasteiger partial charge in [0.05, 0.1) is 17.8 Å². The Hall–Kier alpha value is -1.54. The maximum Gasteiger partial charge on any atom is 0.241 e. The number of nitrogens with zero attached hydrogens (tertiary/aromatic N) is 2. The summed E-state index contributed by atoms with van der Waals surface area (Å²) in [4.78, 5) is 13.9. The van der Waals surface area contributed by atoms with Crippen molar-refractivity contribution in [2.24, 2.45) is 0 Å². The van der Waals surface area contributed by atoms with Crippen LogP contribution in [-0.2, 0) is 4.79 Å². The van der Waals surface area contributed by atoms with Crippen molar-refractivity contribution in [3.63, 3.8) is 0 Å². The summed E-state index contributed by atoms with van der Waals surface area (Å²) in [6.07, 6.45) is 3.39. The molecule has 19 heavy (non-hydrogen) atoms. The molecule has 2 rings (SSSR count). The molecule has 1 N–H and O–H groups in total. The SMILES string of the molecule is N#Cc1c(Br)cccc1NCC(=O)N1CCCCC1. The lowest BCUT2D eigenvalue weighted by molar-refractivity contribution is -0.130. The molecule has 1 heterocycles. The topological polar surface area (TPSA) is 56.1 Å². The van der Waals surface area contributed by atoms with Gasteiger partial charge in [-0.2, -0.15) is 5.26 Å². The summed E-state index contributed by atoms with van der Waals surface area (Å²) in [5, 5.41) is 12.2. The van der Waals surface area contributed by atoms with Gasteiger partial charge < -0.3 is 10.2 Å². The highest BCUT2D eigenvalue weighted by Gasteiger charge is 2.16. The summed E-state index contributed by atoms with van der Waals surface area (Å²) < 4.78 is 0.741. The molecule has 1 amide bonds. The third-order valence-corrected chi connectivity index (χ3v) is 3.93. The number of hydrogen-bond donors (Lipinski definition) is 1. The summed E-state index contributed by atoms with van der Waals surface area (Å²) in [5.41, 5.74) is 1.23. The van der Waals surface area contributed by atoms with Crippen LogP contribution >= 0.6 is 15.9 Å². The van der Waals surface area contributed by atoms with Crippen molar-refractivity contribution in [1.82, 2.24) is 4.90 Å². The highest BCUT2D eigenvalue weighted by atomic mass is 79.9. The van der Waals surface area contributed by atoms with Crippen molar-refractivity contribution in [1.29, 1.82) is 5.26 Å². The summed E-state index contributed by atoms with van der Waals surface area (Å²) in [6.45, 7) is 1.94. The summed E-state index contributed by atoms with van der Waals surface area (Å²) >= 11 is 3.33. The van der Waals surface area contributed by atoms with E-state index in [1.54, 1.807) is 0 Å². The molecule has 1 saturated heterocycles. The number of carbonyl (C=O) groups is 1. The zero-order chi connectivity index (χ0) is 13.7. The monoisotopic (exact) mass is 321 g/mol. The van der Waals surface area contributed by atoms with E-state index in [1.807, 2.05) is 23.1 Å². The van der Waals surface area contributed by atoms with Crippen molar-refractivity contribution < 1.29 is 4.79 Å². The number of hydrogen-bond acceptors (Lipinski definition) is 3. The van der Waals surface area contributed by atoms with Gasteiger partial charge in [0.25, 0.3) is 0 Å². The maximum absolute atomic E-state index is 12.0. The number of rotatable bonds is 3. The lowest BCUT2D eigenvalue weighted by Gasteiger charge is -2.27. The number of benzene rings is 1. The fraction of sp³-hybridized carbons (Fsp3) is 0.429. The van der Waals surface area contributed by atoms with Gasteiger partial charge in [-0.15, -0.1) is 0 Å². The molecule has 0 bridgehead atoms.